The van der Waals surface area contributed by atoms with Crippen LogP contribution in [0.4, 0.5) is 0 Å². The van der Waals surface area contributed by atoms with E-state index in [-0.39, 0.29) is 0 Å². The Hall–Kier alpha value is -3.92. The van der Waals surface area contributed by atoms with Crippen LogP contribution in [-0.2, 0) is 0 Å². The van der Waals surface area contributed by atoms with E-state index in [9.17, 15) is 20.4 Å². The summed E-state index contributed by atoms with van der Waals surface area (Å²) >= 11 is 0. The molecule has 4 nitrogen and oxygen atoms in total. The van der Waals surface area contributed by atoms with Gasteiger partial charge < -0.3 is 20.4 Å². The number of phenolic OH excluding ortho intramolecular Hbond substituents is 4. The lowest BCUT2D eigenvalue weighted by molar-refractivity contribution is 0.462. The lowest BCUT2D eigenvalue weighted by Crippen LogP contribution is -1.98. The lowest BCUT2D eigenvalue weighted by Gasteiger charge is -2.16. The molecule has 4 N–H and O–H groups in total. The molecule has 0 aromatic heterocycles. The van der Waals surface area contributed by atoms with Gasteiger partial charge in [0.15, 0.2) is 0 Å². The minimum Gasteiger partial charge on any atom is -0.508 e. The van der Waals surface area contributed by atoms with Gasteiger partial charge in [0.05, 0.1) is 0 Å². The second-order valence-electron chi connectivity index (χ2n) is 16.4. The molecule has 0 radical (unpaired) electrons. The molecule has 0 amide bonds. The van der Waals surface area contributed by atoms with E-state index in [1.54, 1.807) is 24.3 Å². The largest absolute Gasteiger partial charge is 0.508 e. The van der Waals surface area contributed by atoms with Gasteiger partial charge in [-0.25, -0.2) is 0 Å². The van der Waals surface area contributed by atoms with E-state index in [0.717, 1.165) is 11.1 Å². The molecule has 52 heavy (non-hydrogen) atoms. The Morgan fingerprint density at radius 2 is 0.558 bits per heavy atom. The molecular weight excluding hydrogens is 641 g/mol. The van der Waals surface area contributed by atoms with Crippen molar-refractivity contribution in [1.82, 2.24) is 0 Å². The number of hydrogen-bond acceptors (Lipinski definition) is 4. The topological polar surface area (TPSA) is 80.9 Å². The van der Waals surface area contributed by atoms with Crippen molar-refractivity contribution in [2.45, 2.75) is 158 Å². The molecule has 4 rings (SSSR count). The number of hydrogen-bond donors (Lipinski definition) is 4. The number of aromatic hydroxyl groups is 4. The van der Waals surface area contributed by atoms with Crippen molar-refractivity contribution >= 4 is 0 Å². The second kappa shape index (κ2) is 21.6. The van der Waals surface area contributed by atoms with E-state index >= 15 is 0 Å². The van der Waals surface area contributed by atoms with Crippen LogP contribution in [0.1, 0.15) is 203 Å². The van der Waals surface area contributed by atoms with Crippen molar-refractivity contribution in [3.05, 3.63) is 117 Å². The number of rotatable bonds is 8. The molecule has 288 valence electrons. The molecular formula is C48H72O4. The zero-order valence-corrected chi connectivity index (χ0v) is 35.3. The van der Waals surface area contributed by atoms with Gasteiger partial charge >= 0.3 is 0 Å². The van der Waals surface area contributed by atoms with E-state index in [4.69, 9.17) is 0 Å². The maximum Gasteiger partial charge on any atom is 0.119 e. The minimum absolute atomic E-state index is 0.369. The Morgan fingerprint density at radius 1 is 0.288 bits per heavy atom. The van der Waals surface area contributed by atoms with Crippen LogP contribution in [0.15, 0.2) is 72.8 Å². The third kappa shape index (κ3) is 13.9. The molecule has 0 aliphatic heterocycles. The molecule has 0 unspecified atom stereocenters. The Bertz CT molecular complexity index is 1510. The van der Waals surface area contributed by atoms with Crippen molar-refractivity contribution in [2.24, 2.45) is 0 Å². The van der Waals surface area contributed by atoms with Crippen LogP contribution in [0.3, 0.4) is 0 Å². The average Bonchev–Trinajstić information content (AvgIpc) is 3.04. The molecule has 0 atom stereocenters. The number of phenols is 4. The molecule has 4 heteroatoms. The monoisotopic (exact) mass is 713 g/mol. The normalized spacial score (nSPS) is 11.2. The number of benzene rings is 4. The molecule has 0 saturated carbocycles. The van der Waals surface area contributed by atoms with Gasteiger partial charge in [-0.1, -0.05) is 147 Å². The first-order valence-electron chi connectivity index (χ1n) is 19.4. The summed E-state index contributed by atoms with van der Waals surface area (Å²) in [6.07, 6.45) is 0. The fourth-order valence-electron chi connectivity index (χ4n) is 6.58. The predicted octanol–water partition coefficient (Wildman–Crippen LogP) is 14.6. The van der Waals surface area contributed by atoms with Crippen molar-refractivity contribution in [1.29, 1.82) is 0 Å². The molecule has 0 aliphatic rings. The zero-order chi connectivity index (χ0) is 40.0. The average molecular weight is 713 g/mol. The molecule has 0 spiro atoms. The van der Waals surface area contributed by atoms with Gasteiger partial charge in [-0.3, -0.25) is 0 Å². The smallest absolute Gasteiger partial charge is 0.119 e. The predicted molar refractivity (Wildman–Crippen MR) is 225 cm³/mol. The van der Waals surface area contributed by atoms with E-state index in [0.29, 0.717) is 70.3 Å². The highest BCUT2D eigenvalue weighted by Gasteiger charge is 2.15. The summed E-state index contributed by atoms with van der Waals surface area (Å²) in [7, 11) is 0. The fraction of sp³-hybridized carbons (Fsp3) is 0.500. The zero-order valence-electron chi connectivity index (χ0n) is 35.3. The summed E-state index contributed by atoms with van der Waals surface area (Å²) in [6, 6.07) is 22.9. The summed E-state index contributed by atoms with van der Waals surface area (Å²) in [5.41, 5.74) is 9.91. The highest BCUT2D eigenvalue weighted by Crippen LogP contribution is 2.34. The van der Waals surface area contributed by atoms with Gasteiger partial charge in [-0.15, -0.1) is 0 Å². The summed E-state index contributed by atoms with van der Waals surface area (Å²) in [6.45, 7) is 34.4. The van der Waals surface area contributed by atoms with Gasteiger partial charge in [-0.2, -0.15) is 0 Å². The van der Waals surface area contributed by atoms with Crippen LogP contribution in [0.2, 0.25) is 0 Å². The van der Waals surface area contributed by atoms with Crippen LogP contribution < -0.4 is 0 Å². The van der Waals surface area contributed by atoms with Crippen molar-refractivity contribution in [2.75, 3.05) is 0 Å². The first-order valence-corrected chi connectivity index (χ1v) is 19.4. The summed E-state index contributed by atoms with van der Waals surface area (Å²) < 4.78 is 0. The highest BCUT2D eigenvalue weighted by molar-refractivity contribution is 5.44. The molecule has 4 aromatic carbocycles. The van der Waals surface area contributed by atoms with Crippen LogP contribution >= 0.6 is 0 Å². The lowest BCUT2D eigenvalue weighted by atomic mass is 9.90. The van der Waals surface area contributed by atoms with Gasteiger partial charge in [0.25, 0.3) is 0 Å². The molecule has 0 saturated heterocycles. The molecule has 0 bridgehead atoms. The van der Waals surface area contributed by atoms with Gasteiger partial charge in [-0.05, 0) is 128 Å². The Balaban J connectivity index is 0.000000347. The highest BCUT2D eigenvalue weighted by atomic mass is 16.3. The molecule has 0 fully saturated rings. The van der Waals surface area contributed by atoms with E-state index in [1.165, 1.54) is 33.4 Å². The van der Waals surface area contributed by atoms with E-state index in [2.05, 4.69) is 123 Å². The fourth-order valence-corrected chi connectivity index (χ4v) is 6.58. The standard InChI is InChI=1S/4C12H18O/c2*1-8(2)11-6-5-10(13)7-12(11)9(3)4;2*1-8(2)10-6-5-7-11(13)12(10)9(3)4/h4*5-9,13H,1-4H3. The summed E-state index contributed by atoms with van der Waals surface area (Å²) in [5, 5.41) is 38.2. The first kappa shape index (κ1) is 46.1. The van der Waals surface area contributed by atoms with Crippen LogP contribution in [0.25, 0.3) is 0 Å². The second-order valence-corrected chi connectivity index (χ2v) is 16.4. The molecule has 0 aliphatic carbocycles. The van der Waals surface area contributed by atoms with Gasteiger partial charge in [0.2, 0.25) is 0 Å². The van der Waals surface area contributed by atoms with Crippen molar-refractivity contribution in [3.8, 4) is 23.0 Å². The van der Waals surface area contributed by atoms with Gasteiger partial charge in [0.1, 0.15) is 23.0 Å². The van der Waals surface area contributed by atoms with Crippen molar-refractivity contribution in [3.63, 3.8) is 0 Å². The Labute approximate surface area is 318 Å². The molecule has 4 aromatic rings. The third-order valence-electron chi connectivity index (χ3n) is 9.26. The Morgan fingerprint density at radius 3 is 0.769 bits per heavy atom. The van der Waals surface area contributed by atoms with Crippen LogP contribution in [-0.4, -0.2) is 20.4 Å². The summed E-state index contributed by atoms with van der Waals surface area (Å²) in [5.74, 6) is 5.33. The molecule has 0 heterocycles. The van der Waals surface area contributed by atoms with Crippen molar-refractivity contribution < 1.29 is 20.4 Å². The maximum atomic E-state index is 9.71. The minimum atomic E-state index is 0.369. The van der Waals surface area contributed by atoms with E-state index in [1.807, 2.05) is 36.4 Å². The van der Waals surface area contributed by atoms with Crippen LogP contribution in [0, 0.1) is 0 Å². The van der Waals surface area contributed by atoms with Gasteiger partial charge in [0, 0.05) is 0 Å². The third-order valence-corrected chi connectivity index (χ3v) is 9.26. The SMILES string of the molecule is CC(C)c1ccc(O)cc1C(C)C.CC(C)c1ccc(O)cc1C(C)C.CC(C)c1cccc(O)c1C(C)C.CC(C)c1cccc(O)c1C(C)C. The van der Waals surface area contributed by atoms with E-state index < -0.39 is 0 Å². The Kier molecular flexibility index (Phi) is 19.1. The summed E-state index contributed by atoms with van der Waals surface area (Å²) in [4.78, 5) is 0. The first-order chi connectivity index (χ1) is 24.1. The van der Waals surface area contributed by atoms with Crippen LogP contribution in [0.5, 0.6) is 23.0 Å². The quantitative estimate of drug-likeness (QED) is 0.147. The maximum absolute atomic E-state index is 9.71.